The first-order valence-corrected chi connectivity index (χ1v) is 11.4. The van der Waals surface area contributed by atoms with Crippen LogP contribution in [0.25, 0.3) is 11.6 Å². The van der Waals surface area contributed by atoms with Gasteiger partial charge in [0.1, 0.15) is 5.75 Å². The number of nitrogens with one attached hydrogen (secondary N) is 1. The normalized spacial score (nSPS) is 14.6. The minimum absolute atomic E-state index is 0.554. The molecule has 29 heavy (non-hydrogen) atoms. The SMILES string of the molecule is COc1ccc2c(c1)CCc1ccccc1C2=Cc1cccc(NS(C)(=O)=O)c1. The van der Waals surface area contributed by atoms with Crippen LogP contribution in [-0.4, -0.2) is 21.8 Å². The monoisotopic (exact) mass is 405 g/mol. The number of hydrogen-bond acceptors (Lipinski definition) is 3. The van der Waals surface area contributed by atoms with Crippen LogP contribution in [0.3, 0.4) is 0 Å². The number of benzene rings is 3. The molecule has 3 aromatic carbocycles. The number of aryl methyl sites for hydroxylation is 2. The van der Waals surface area contributed by atoms with Gasteiger partial charge in [-0.25, -0.2) is 8.42 Å². The van der Waals surface area contributed by atoms with E-state index in [1.54, 1.807) is 13.2 Å². The van der Waals surface area contributed by atoms with Crippen molar-refractivity contribution < 1.29 is 13.2 Å². The summed E-state index contributed by atoms with van der Waals surface area (Å²) in [5, 5.41) is 0. The van der Waals surface area contributed by atoms with Crippen LogP contribution in [-0.2, 0) is 22.9 Å². The maximum atomic E-state index is 11.6. The topological polar surface area (TPSA) is 55.4 Å². The standard InChI is InChI=1S/C24H23NO3S/c1-28-21-12-13-23-19(16-21)11-10-18-7-3-4-9-22(18)24(23)15-17-6-5-8-20(14-17)25-29(2,26)27/h3-9,12-16,25H,10-11H2,1-2H3. The number of rotatable bonds is 4. The molecule has 0 radical (unpaired) electrons. The molecule has 1 aliphatic carbocycles. The Kier molecular flexibility index (Phi) is 5.16. The fourth-order valence-corrected chi connectivity index (χ4v) is 4.37. The third kappa shape index (κ3) is 4.35. The second-order valence-electron chi connectivity index (χ2n) is 7.24. The van der Waals surface area contributed by atoms with Gasteiger partial charge in [-0.1, -0.05) is 42.5 Å². The minimum atomic E-state index is -3.32. The van der Waals surface area contributed by atoms with E-state index in [9.17, 15) is 8.42 Å². The maximum absolute atomic E-state index is 11.6. The highest BCUT2D eigenvalue weighted by Crippen LogP contribution is 2.36. The van der Waals surface area contributed by atoms with Gasteiger partial charge >= 0.3 is 0 Å². The number of hydrogen-bond donors (Lipinski definition) is 1. The van der Waals surface area contributed by atoms with Crippen LogP contribution in [0, 0.1) is 0 Å². The molecule has 4 nitrogen and oxygen atoms in total. The van der Waals surface area contributed by atoms with Gasteiger partial charge in [-0.2, -0.15) is 0 Å². The van der Waals surface area contributed by atoms with Gasteiger partial charge in [0.15, 0.2) is 0 Å². The smallest absolute Gasteiger partial charge is 0.229 e. The molecule has 0 atom stereocenters. The third-order valence-corrected chi connectivity index (χ3v) is 5.68. The third-order valence-electron chi connectivity index (χ3n) is 5.07. The Hall–Kier alpha value is -3.05. The number of ether oxygens (including phenoxy) is 1. The molecule has 148 valence electrons. The van der Waals surface area contributed by atoms with E-state index < -0.39 is 10.0 Å². The molecule has 5 heteroatoms. The molecule has 0 amide bonds. The van der Waals surface area contributed by atoms with Gasteiger partial charge < -0.3 is 4.74 Å². The van der Waals surface area contributed by atoms with Crippen molar-refractivity contribution in [2.45, 2.75) is 12.8 Å². The van der Waals surface area contributed by atoms with Gasteiger partial charge in [0.25, 0.3) is 0 Å². The Labute approximate surface area is 171 Å². The molecule has 0 saturated carbocycles. The number of fused-ring (bicyclic) bond motifs is 2. The van der Waals surface area contributed by atoms with Crippen LogP contribution >= 0.6 is 0 Å². The largest absolute Gasteiger partial charge is 0.497 e. The van der Waals surface area contributed by atoms with Gasteiger partial charge in [-0.15, -0.1) is 0 Å². The zero-order valence-corrected chi connectivity index (χ0v) is 17.3. The van der Waals surface area contributed by atoms with Gasteiger partial charge in [0.2, 0.25) is 10.0 Å². The Morgan fingerprint density at radius 3 is 2.45 bits per heavy atom. The minimum Gasteiger partial charge on any atom is -0.497 e. The Morgan fingerprint density at radius 1 is 0.897 bits per heavy atom. The van der Waals surface area contributed by atoms with Crippen molar-refractivity contribution in [3.63, 3.8) is 0 Å². The van der Waals surface area contributed by atoms with Gasteiger partial charge in [-0.05, 0) is 76.6 Å². The summed E-state index contributed by atoms with van der Waals surface area (Å²) in [5.74, 6) is 0.855. The highest BCUT2D eigenvalue weighted by molar-refractivity contribution is 7.92. The van der Waals surface area contributed by atoms with Gasteiger partial charge in [-0.3, -0.25) is 4.72 Å². The van der Waals surface area contributed by atoms with Crippen molar-refractivity contribution in [3.8, 4) is 5.75 Å². The highest BCUT2D eigenvalue weighted by Gasteiger charge is 2.18. The molecule has 3 aromatic rings. The Balaban J connectivity index is 1.87. The van der Waals surface area contributed by atoms with E-state index in [2.05, 4.69) is 47.2 Å². The fourth-order valence-electron chi connectivity index (χ4n) is 3.81. The lowest BCUT2D eigenvalue weighted by molar-refractivity contribution is 0.414. The lowest BCUT2D eigenvalue weighted by Crippen LogP contribution is -2.09. The van der Waals surface area contributed by atoms with Gasteiger partial charge in [0, 0.05) is 5.69 Å². The molecule has 0 bridgehead atoms. The summed E-state index contributed by atoms with van der Waals surface area (Å²) < 4.78 is 31.2. The van der Waals surface area contributed by atoms with Crippen molar-refractivity contribution in [2.75, 3.05) is 18.1 Å². The first-order chi connectivity index (χ1) is 13.9. The van der Waals surface area contributed by atoms with Crippen molar-refractivity contribution in [1.82, 2.24) is 0 Å². The summed E-state index contributed by atoms with van der Waals surface area (Å²) in [5.41, 5.74) is 7.56. The second-order valence-corrected chi connectivity index (χ2v) is 8.99. The van der Waals surface area contributed by atoms with Crippen molar-refractivity contribution in [2.24, 2.45) is 0 Å². The zero-order valence-electron chi connectivity index (χ0n) is 16.5. The summed E-state index contributed by atoms with van der Waals surface area (Å²) in [7, 11) is -1.64. The quantitative estimate of drug-likeness (QED) is 0.681. The summed E-state index contributed by atoms with van der Waals surface area (Å²) in [6.45, 7) is 0. The first-order valence-electron chi connectivity index (χ1n) is 9.48. The average molecular weight is 406 g/mol. The summed E-state index contributed by atoms with van der Waals surface area (Å²) >= 11 is 0. The number of anilines is 1. The predicted molar refractivity (Wildman–Crippen MR) is 119 cm³/mol. The predicted octanol–water partition coefficient (Wildman–Crippen LogP) is 4.75. The molecule has 0 heterocycles. The Morgan fingerprint density at radius 2 is 1.66 bits per heavy atom. The molecule has 0 aliphatic heterocycles. The molecular weight excluding hydrogens is 382 g/mol. The lowest BCUT2D eigenvalue weighted by Gasteiger charge is -2.13. The summed E-state index contributed by atoms with van der Waals surface area (Å²) in [6, 6.07) is 22.1. The van der Waals surface area contributed by atoms with E-state index in [1.165, 1.54) is 22.3 Å². The zero-order chi connectivity index (χ0) is 20.4. The highest BCUT2D eigenvalue weighted by atomic mass is 32.2. The molecule has 0 spiro atoms. The van der Waals surface area contributed by atoms with E-state index in [4.69, 9.17) is 4.74 Å². The van der Waals surface area contributed by atoms with Crippen molar-refractivity contribution in [3.05, 3.63) is 94.5 Å². The molecule has 0 saturated heterocycles. The van der Waals surface area contributed by atoms with Crippen molar-refractivity contribution in [1.29, 1.82) is 0 Å². The van der Waals surface area contributed by atoms with E-state index in [1.807, 2.05) is 24.3 Å². The summed E-state index contributed by atoms with van der Waals surface area (Å²) in [4.78, 5) is 0. The van der Waals surface area contributed by atoms with Crippen LogP contribution < -0.4 is 9.46 Å². The average Bonchev–Trinajstić information content (AvgIpc) is 2.84. The molecule has 1 aliphatic rings. The number of methoxy groups -OCH3 is 1. The van der Waals surface area contributed by atoms with Crippen molar-refractivity contribution >= 4 is 27.4 Å². The Bertz CT molecular complexity index is 1200. The van der Waals surface area contributed by atoms with Crippen LogP contribution in [0.5, 0.6) is 5.75 Å². The number of sulfonamides is 1. The van der Waals surface area contributed by atoms with Crippen LogP contribution in [0.1, 0.15) is 27.8 Å². The van der Waals surface area contributed by atoms with Crippen LogP contribution in [0.15, 0.2) is 66.7 Å². The molecule has 1 N–H and O–H groups in total. The van der Waals surface area contributed by atoms with Crippen LogP contribution in [0.4, 0.5) is 5.69 Å². The molecule has 0 fully saturated rings. The van der Waals surface area contributed by atoms with E-state index in [0.29, 0.717) is 5.69 Å². The van der Waals surface area contributed by atoms with E-state index in [-0.39, 0.29) is 0 Å². The lowest BCUT2D eigenvalue weighted by atomic mass is 9.92. The summed E-state index contributed by atoms with van der Waals surface area (Å²) in [6.07, 6.45) is 5.19. The van der Waals surface area contributed by atoms with Gasteiger partial charge in [0.05, 0.1) is 13.4 Å². The van der Waals surface area contributed by atoms with E-state index >= 15 is 0 Å². The molecular formula is C24H23NO3S. The molecule has 4 rings (SSSR count). The van der Waals surface area contributed by atoms with E-state index in [0.717, 1.165) is 36.0 Å². The maximum Gasteiger partial charge on any atom is 0.229 e. The molecule has 0 unspecified atom stereocenters. The fraction of sp³-hybridized carbons (Fsp3) is 0.167. The second kappa shape index (κ2) is 7.76. The van der Waals surface area contributed by atoms with Crippen LogP contribution in [0.2, 0.25) is 0 Å². The molecule has 0 aromatic heterocycles. The first kappa shape index (κ1) is 19.3.